The van der Waals surface area contributed by atoms with Gasteiger partial charge in [-0.15, -0.1) is 0 Å². The van der Waals surface area contributed by atoms with E-state index in [0.717, 1.165) is 36.6 Å². The molecule has 3 rings (SSSR count). The molecule has 134 valence electrons. The molecule has 0 amide bonds. The fourth-order valence-electron chi connectivity index (χ4n) is 2.71. The van der Waals surface area contributed by atoms with Crippen molar-refractivity contribution < 1.29 is 9.47 Å². The van der Waals surface area contributed by atoms with Crippen LogP contribution in [0.2, 0.25) is 0 Å². The molecule has 0 atom stereocenters. The summed E-state index contributed by atoms with van der Waals surface area (Å²) in [5.41, 5.74) is 3.51. The van der Waals surface area contributed by atoms with E-state index in [2.05, 4.69) is 34.6 Å². The summed E-state index contributed by atoms with van der Waals surface area (Å²) >= 11 is 0. The van der Waals surface area contributed by atoms with Gasteiger partial charge in [0.2, 0.25) is 0 Å². The van der Waals surface area contributed by atoms with Crippen LogP contribution in [0.1, 0.15) is 17.5 Å². The summed E-state index contributed by atoms with van der Waals surface area (Å²) in [5, 5.41) is 3.41. The lowest BCUT2D eigenvalue weighted by Gasteiger charge is -2.13. The number of pyridine rings is 1. The van der Waals surface area contributed by atoms with Gasteiger partial charge in [-0.3, -0.25) is 4.98 Å². The Morgan fingerprint density at radius 1 is 0.885 bits per heavy atom. The first-order valence-electron chi connectivity index (χ1n) is 8.82. The zero-order chi connectivity index (χ0) is 18.0. The summed E-state index contributed by atoms with van der Waals surface area (Å²) in [6, 6.07) is 20.4. The van der Waals surface area contributed by atoms with Crippen molar-refractivity contribution in [2.75, 3.05) is 19.0 Å². The third-order valence-corrected chi connectivity index (χ3v) is 4.12. The summed E-state index contributed by atoms with van der Waals surface area (Å²) in [5.74, 6) is 1.51. The second kappa shape index (κ2) is 9.47. The third kappa shape index (κ3) is 5.24. The van der Waals surface area contributed by atoms with E-state index in [0.29, 0.717) is 6.61 Å². The molecule has 0 bridgehead atoms. The fraction of sp³-hybridized carbons (Fsp3) is 0.227. The van der Waals surface area contributed by atoms with Crippen LogP contribution in [0.5, 0.6) is 11.5 Å². The number of benzene rings is 2. The molecule has 1 N–H and O–H groups in total. The molecule has 0 aliphatic heterocycles. The highest BCUT2D eigenvalue weighted by atomic mass is 16.5. The monoisotopic (exact) mass is 348 g/mol. The molecule has 1 aromatic heterocycles. The number of aromatic nitrogens is 1. The molecule has 0 unspecified atom stereocenters. The number of nitrogens with one attached hydrogen (secondary N) is 1. The van der Waals surface area contributed by atoms with Gasteiger partial charge >= 0.3 is 0 Å². The normalized spacial score (nSPS) is 10.3. The lowest BCUT2D eigenvalue weighted by atomic mass is 10.1. The highest BCUT2D eigenvalue weighted by Crippen LogP contribution is 2.30. The van der Waals surface area contributed by atoms with E-state index < -0.39 is 0 Å². The van der Waals surface area contributed by atoms with Crippen LogP contribution in [-0.2, 0) is 13.0 Å². The number of methoxy groups -OCH3 is 1. The van der Waals surface area contributed by atoms with Crippen molar-refractivity contribution in [3.63, 3.8) is 0 Å². The SMILES string of the molecule is COc1ccc(NCc2ccncc2)cc1OCCCc1ccccc1. The number of rotatable bonds is 9. The topological polar surface area (TPSA) is 43.4 Å². The van der Waals surface area contributed by atoms with Crippen molar-refractivity contribution >= 4 is 5.69 Å². The Kier molecular flexibility index (Phi) is 6.48. The van der Waals surface area contributed by atoms with Crippen molar-refractivity contribution in [1.82, 2.24) is 4.98 Å². The Balaban J connectivity index is 1.55. The van der Waals surface area contributed by atoms with Crippen molar-refractivity contribution in [1.29, 1.82) is 0 Å². The Labute approximate surface area is 154 Å². The van der Waals surface area contributed by atoms with Crippen LogP contribution in [0.25, 0.3) is 0 Å². The largest absolute Gasteiger partial charge is 0.493 e. The first-order chi connectivity index (χ1) is 12.8. The van der Waals surface area contributed by atoms with E-state index in [-0.39, 0.29) is 0 Å². The highest BCUT2D eigenvalue weighted by molar-refractivity contribution is 5.55. The number of ether oxygens (including phenoxy) is 2. The van der Waals surface area contributed by atoms with Gasteiger partial charge in [-0.2, -0.15) is 0 Å². The number of hydrogen-bond acceptors (Lipinski definition) is 4. The van der Waals surface area contributed by atoms with Crippen LogP contribution in [0.3, 0.4) is 0 Å². The predicted octanol–water partition coefficient (Wildman–Crippen LogP) is 4.71. The second-order valence-electron chi connectivity index (χ2n) is 6.01. The highest BCUT2D eigenvalue weighted by Gasteiger charge is 2.06. The van der Waals surface area contributed by atoms with Gasteiger partial charge in [0.15, 0.2) is 11.5 Å². The van der Waals surface area contributed by atoms with Crippen LogP contribution in [0.4, 0.5) is 5.69 Å². The van der Waals surface area contributed by atoms with Gasteiger partial charge in [0.1, 0.15) is 0 Å². The van der Waals surface area contributed by atoms with Gasteiger partial charge in [-0.25, -0.2) is 0 Å². The van der Waals surface area contributed by atoms with Crippen LogP contribution in [0.15, 0.2) is 73.1 Å². The molecule has 0 fully saturated rings. The number of aryl methyl sites for hydroxylation is 1. The zero-order valence-corrected chi connectivity index (χ0v) is 15.0. The average Bonchev–Trinajstić information content (AvgIpc) is 2.71. The molecular formula is C22H24N2O2. The van der Waals surface area contributed by atoms with E-state index in [4.69, 9.17) is 9.47 Å². The Morgan fingerprint density at radius 2 is 1.69 bits per heavy atom. The summed E-state index contributed by atoms with van der Waals surface area (Å²) in [6.07, 6.45) is 5.56. The van der Waals surface area contributed by atoms with E-state index in [1.165, 1.54) is 11.1 Å². The molecule has 0 saturated heterocycles. The molecule has 1 heterocycles. The van der Waals surface area contributed by atoms with E-state index in [9.17, 15) is 0 Å². The van der Waals surface area contributed by atoms with Crippen LogP contribution >= 0.6 is 0 Å². The van der Waals surface area contributed by atoms with Crippen molar-refractivity contribution in [2.24, 2.45) is 0 Å². The lowest BCUT2D eigenvalue weighted by Crippen LogP contribution is -2.03. The first-order valence-corrected chi connectivity index (χ1v) is 8.82. The maximum atomic E-state index is 5.97. The molecular weight excluding hydrogens is 324 g/mol. The third-order valence-electron chi connectivity index (χ3n) is 4.12. The molecule has 26 heavy (non-hydrogen) atoms. The minimum atomic E-state index is 0.652. The van der Waals surface area contributed by atoms with Gasteiger partial charge < -0.3 is 14.8 Å². The molecule has 3 aromatic rings. The van der Waals surface area contributed by atoms with Gasteiger partial charge in [-0.05, 0) is 48.2 Å². The summed E-state index contributed by atoms with van der Waals surface area (Å²) in [7, 11) is 1.66. The van der Waals surface area contributed by atoms with Gasteiger partial charge in [0, 0.05) is 30.7 Å². The lowest BCUT2D eigenvalue weighted by molar-refractivity contribution is 0.289. The summed E-state index contributed by atoms with van der Waals surface area (Å²) in [6.45, 7) is 1.39. The predicted molar refractivity (Wildman–Crippen MR) is 105 cm³/mol. The van der Waals surface area contributed by atoms with Crippen molar-refractivity contribution in [3.05, 3.63) is 84.2 Å². The molecule has 0 spiro atoms. The maximum absolute atomic E-state index is 5.97. The number of anilines is 1. The van der Waals surface area contributed by atoms with Gasteiger partial charge in [0.05, 0.1) is 13.7 Å². The average molecular weight is 348 g/mol. The van der Waals surface area contributed by atoms with E-state index in [1.54, 1.807) is 19.5 Å². The minimum absolute atomic E-state index is 0.652. The standard InChI is InChI=1S/C22H24N2O2/c1-25-21-10-9-20(24-17-19-11-13-23-14-12-19)16-22(21)26-15-5-8-18-6-3-2-4-7-18/h2-4,6-7,9-14,16,24H,5,8,15,17H2,1H3. The Hall–Kier alpha value is -3.01. The molecule has 0 saturated carbocycles. The minimum Gasteiger partial charge on any atom is -0.493 e. The molecule has 0 aliphatic carbocycles. The summed E-state index contributed by atoms with van der Waals surface area (Å²) in [4.78, 5) is 4.04. The van der Waals surface area contributed by atoms with Crippen LogP contribution < -0.4 is 14.8 Å². The maximum Gasteiger partial charge on any atom is 0.163 e. The van der Waals surface area contributed by atoms with Crippen LogP contribution in [-0.4, -0.2) is 18.7 Å². The molecule has 0 aliphatic rings. The Morgan fingerprint density at radius 3 is 2.46 bits per heavy atom. The molecule has 0 radical (unpaired) electrons. The first kappa shape index (κ1) is 17.8. The number of hydrogen-bond donors (Lipinski definition) is 1. The zero-order valence-electron chi connectivity index (χ0n) is 15.0. The van der Waals surface area contributed by atoms with Crippen molar-refractivity contribution in [3.8, 4) is 11.5 Å². The van der Waals surface area contributed by atoms with Crippen LogP contribution in [0, 0.1) is 0 Å². The van der Waals surface area contributed by atoms with E-state index in [1.807, 2.05) is 36.4 Å². The van der Waals surface area contributed by atoms with E-state index >= 15 is 0 Å². The number of nitrogens with zero attached hydrogens (tertiary/aromatic N) is 1. The molecule has 4 heteroatoms. The Bertz CT molecular complexity index is 792. The fourth-order valence-corrected chi connectivity index (χ4v) is 2.71. The van der Waals surface area contributed by atoms with Gasteiger partial charge in [0.25, 0.3) is 0 Å². The molecule has 2 aromatic carbocycles. The smallest absolute Gasteiger partial charge is 0.163 e. The molecule has 4 nitrogen and oxygen atoms in total. The van der Waals surface area contributed by atoms with Gasteiger partial charge in [-0.1, -0.05) is 30.3 Å². The van der Waals surface area contributed by atoms with Crippen molar-refractivity contribution in [2.45, 2.75) is 19.4 Å². The summed E-state index contributed by atoms with van der Waals surface area (Å²) < 4.78 is 11.4. The second-order valence-corrected chi connectivity index (χ2v) is 6.01. The quantitative estimate of drug-likeness (QED) is 0.569.